The van der Waals surface area contributed by atoms with Crippen LogP contribution in [0.5, 0.6) is 0 Å². The maximum atomic E-state index is 3.55. The van der Waals surface area contributed by atoms with Crippen LogP contribution in [0.15, 0.2) is 0 Å². The van der Waals surface area contributed by atoms with Crippen LogP contribution >= 0.6 is 0 Å². The van der Waals surface area contributed by atoms with E-state index in [9.17, 15) is 0 Å². The van der Waals surface area contributed by atoms with Gasteiger partial charge < -0.3 is 15.1 Å². The van der Waals surface area contributed by atoms with Crippen LogP contribution in [-0.2, 0) is 0 Å². The van der Waals surface area contributed by atoms with Crippen molar-refractivity contribution in [2.24, 2.45) is 0 Å². The van der Waals surface area contributed by atoms with E-state index in [4.69, 9.17) is 0 Å². The van der Waals surface area contributed by atoms with Crippen molar-refractivity contribution >= 4 is 0 Å². The maximum absolute atomic E-state index is 3.55. The summed E-state index contributed by atoms with van der Waals surface area (Å²) in [5.41, 5.74) is 0. The highest BCUT2D eigenvalue weighted by molar-refractivity contribution is 4.69. The second-order valence-electron chi connectivity index (χ2n) is 4.61. The molecule has 92 valence electrons. The van der Waals surface area contributed by atoms with Crippen molar-refractivity contribution in [2.45, 2.75) is 32.7 Å². The van der Waals surface area contributed by atoms with Gasteiger partial charge in [-0.3, -0.25) is 0 Å². The van der Waals surface area contributed by atoms with Crippen molar-refractivity contribution in [1.29, 1.82) is 0 Å². The van der Waals surface area contributed by atoms with Crippen LogP contribution in [0.2, 0.25) is 0 Å². The zero-order valence-electron chi connectivity index (χ0n) is 11.2. The number of nitrogens with one attached hydrogen (secondary N) is 1. The Balaban J connectivity index is 3.72. The lowest BCUT2D eigenvalue weighted by Gasteiger charge is -2.25. The smallest absolute Gasteiger partial charge is 0.0194 e. The van der Waals surface area contributed by atoms with Crippen molar-refractivity contribution in [1.82, 2.24) is 15.1 Å². The van der Waals surface area contributed by atoms with E-state index in [-0.39, 0.29) is 0 Å². The molecule has 0 saturated heterocycles. The Kier molecular flexibility index (Phi) is 9.06. The molecule has 0 amide bonds. The first kappa shape index (κ1) is 14.9. The first-order chi connectivity index (χ1) is 7.10. The molecule has 0 aliphatic rings. The molecule has 1 N–H and O–H groups in total. The lowest BCUT2D eigenvalue weighted by molar-refractivity contribution is 0.251. The Bertz CT molecular complexity index is 131. The Morgan fingerprint density at radius 3 is 2.20 bits per heavy atom. The topological polar surface area (TPSA) is 18.5 Å². The van der Waals surface area contributed by atoms with Crippen LogP contribution < -0.4 is 5.32 Å². The van der Waals surface area contributed by atoms with Gasteiger partial charge in [0.05, 0.1) is 0 Å². The van der Waals surface area contributed by atoms with Crippen LogP contribution in [0, 0.1) is 0 Å². The van der Waals surface area contributed by atoms with E-state index in [1.807, 2.05) is 0 Å². The maximum Gasteiger partial charge on any atom is 0.0194 e. The van der Waals surface area contributed by atoms with Crippen LogP contribution in [0.4, 0.5) is 0 Å². The summed E-state index contributed by atoms with van der Waals surface area (Å²) in [6.45, 7) is 8.97. The van der Waals surface area contributed by atoms with Gasteiger partial charge in [0.25, 0.3) is 0 Å². The molecule has 0 spiro atoms. The van der Waals surface area contributed by atoms with Gasteiger partial charge in [-0.15, -0.1) is 0 Å². The highest BCUT2D eigenvalue weighted by Gasteiger charge is 2.09. The van der Waals surface area contributed by atoms with E-state index >= 15 is 0 Å². The first-order valence-electron chi connectivity index (χ1n) is 6.16. The van der Waals surface area contributed by atoms with Crippen LogP contribution in [0.25, 0.3) is 0 Å². The monoisotopic (exact) mass is 215 g/mol. The number of nitrogens with zero attached hydrogens (tertiary/aromatic N) is 2. The third kappa shape index (κ3) is 8.85. The normalized spacial score (nSPS) is 13.8. The van der Waals surface area contributed by atoms with Gasteiger partial charge in [0.2, 0.25) is 0 Å². The number of likely N-dealkylation sites (N-methyl/N-ethyl adjacent to an activating group) is 3. The van der Waals surface area contributed by atoms with Crippen molar-refractivity contribution in [3.05, 3.63) is 0 Å². The third-order valence-corrected chi connectivity index (χ3v) is 2.59. The molecule has 0 aromatic carbocycles. The predicted molar refractivity (Wildman–Crippen MR) is 68.4 cm³/mol. The molecule has 0 rings (SSSR count). The van der Waals surface area contributed by atoms with Crippen molar-refractivity contribution < 1.29 is 0 Å². The molecule has 3 heteroatoms. The second kappa shape index (κ2) is 9.13. The molecule has 0 aliphatic heterocycles. The van der Waals surface area contributed by atoms with Gasteiger partial charge in [0, 0.05) is 25.7 Å². The number of hydrogen-bond acceptors (Lipinski definition) is 3. The molecule has 0 saturated carbocycles. The summed E-state index contributed by atoms with van der Waals surface area (Å²) in [5, 5.41) is 3.55. The number of hydrogen-bond donors (Lipinski definition) is 1. The summed E-state index contributed by atoms with van der Waals surface area (Å²) in [7, 11) is 6.47. The minimum Gasteiger partial charge on any atom is -0.313 e. The Morgan fingerprint density at radius 2 is 1.73 bits per heavy atom. The van der Waals surface area contributed by atoms with Gasteiger partial charge >= 0.3 is 0 Å². The summed E-state index contributed by atoms with van der Waals surface area (Å²) < 4.78 is 0. The summed E-state index contributed by atoms with van der Waals surface area (Å²) >= 11 is 0. The summed E-state index contributed by atoms with van der Waals surface area (Å²) in [4.78, 5) is 4.65. The number of rotatable bonds is 9. The van der Waals surface area contributed by atoms with Gasteiger partial charge in [-0.1, -0.05) is 20.3 Å². The highest BCUT2D eigenvalue weighted by Crippen LogP contribution is 1.99. The lowest BCUT2D eigenvalue weighted by atomic mass is 10.1. The molecule has 0 heterocycles. The van der Waals surface area contributed by atoms with Gasteiger partial charge in [0.15, 0.2) is 0 Å². The fourth-order valence-corrected chi connectivity index (χ4v) is 1.73. The molecule has 1 unspecified atom stereocenters. The highest BCUT2D eigenvalue weighted by atomic mass is 15.2. The largest absolute Gasteiger partial charge is 0.313 e. The molecule has 0 fully saturated rings. The van der Waals surface area contributed by atoms with Crippen LogP contribution in [0.3, 0.4) is 0 Å². The quantitative estimate of drug-likeness (QED) is 0.625. The van der Waals surface area contributed by atoms with Crippen molar-refractivity contribution in [3.8, 4) is 0 Å². The van der Waals surface area contributed by atoms with E-state index in [0.717, 1.165) is 26.2 Å². The summed E-state index contributed by atoms with van der Waals surface area (Å²) in [5.74, 6) is 0. The molecule has 0 radical (unpaired) electrons. The molecule has 0 aromatic rings. The van der Waals surface area contributed by atoms with Crippen molar-refractivity contribution in [2.75, 3.05) is 47.3 Å². The minimum atomic E-state index is 0.659. The Morgan fingerprint density at radius 1 is 1.07 bits per heavy atom. The Labute approximate surface area is 95.8 Å². The molecule has 0 bridgehead atoms. The predicted octanol–water partition coefficient (Wildman–Crippen LogP) is 1.26. The molecule has 3 nitrogen and oxygen atoms in total. The fourth-order valence-electron chi connectivity index (χ4n) is 1.73. The van der Waals surface area contributed by atoms with Gasteiger partial charge in [0.1, 0.15) is 0 Å². The van der Waals surface area contributed by atoms with Gasteiger partial charge in [-0.05, 0) is 34.1 Å². The zero-order chi connectivity index (χ0) is 11.7. The van der Waals surface area contributed by atoms with Crippen LogP contribution in [0.1, 0.15) is 26.7 Å². The van der Waals surface area contributed by atoms with Gasteiger partial charge in [-0.2, -0.15) is 0 Å². The van der Waals surface area contributed by atoms with E-state index in [1.165, 1.54) is 12.8 Å². The second-order valence-corrected chi connectivity index (χ2v) is 4.61. The molecule has 1 atom stereocenters. The Hall–Kier alpha value is -0.120. The zero-order valence-corrected chi connectivity index (χ0v) is 11.2. The molecular formula is C12H29N3. The average molecular weight is 215 g/mol. The summed E-state index contributed by atoms with van der Waals surface area (Å²) in [6.07, 6.45) is 2.54. The SMILES string of the molecule is CCCC(CN(C)CCN(C)C)NCC. The van der Waals surface area contributed by atoms with E-state index in [0.29, 0.717) is 6.04 Å². The van der Waals surface area contributed by atoms with E-state index in [2.05, 4.69) is 50.1 Å². The minimum absolute atomic E-state index is 0.659. The average Bonchev–Trinajstić information content (AvgIpc) is 2.15. The molecule has 0 aromatic heterocycles. The lowest BCUT2D eigenvalue weighted by Crippen LogP contribution is -2.41. The van der Waals surface area contributed by atoms with Crippen molar-refractivity contribution in [3.63, 3.8) is 0 Å². The van der Waals surface area contributed by atoms with E-state index < -0.39 is 0 Å². The first-order valence-corrected chi connectivity index (χ1v) is 6.16. The molecule has 15 heavy (non-hydrogen) atoms. The molecule has 0 aliphatic carbocycles. The fraction of sp³-hybridized carbons (Fsp3) is 1.00. The van der Waals surface area contributed by atoms with Gasteiger partial charge in [-0.25, -0.2) is 0 Å². The summed E-state index contributed by atoms with van der Waals surface area (Å²) in [6, 6.07) is 0.659. The van der Waals surface area contributed by atoms with Crippen LogP contribution in [-0.4, -0.2) is 63.2 Å². The molecular weight excluding hydrogens is 186 g/mol. The standard InChI is InChI=1S/C12H29N3/c1-6-8-12(13-7-2)11-15(5)10-9-14(3)4/h12-13H,6-11H2,1-5H3. The third-order valence-electron chi connectivity index (χ3n) is 2.59. The van der Waals surface area contributed by atoms with E-state index in [1.54, 1.807) is 0 Å².